The average Bonchev–Trinajstić information content (AvgIpc) is 3.10. The van der Waals surface area contributed by atoms with E-state index in [9.17, 15) is 17.6 Å². The van der Waals surface area contributed by atoms with Crippen LogP contribution in [-0.4, -0.2) is 24.5 Å². The van der Waals surface area contributed by atoms with Gasteiger partial charge in [-0.1, -0.05) is 30.4 Å². The number of sulfonamides is 1. The Hall–Kier alpha value is -2.85. The third kappa shape index (κ3) is 5.81. The van der Waals surface area contributed by atoms with Gasteiger partial charge >= 0.3 is 0 Å². The molecule has 1 amide bonds. The highest BCUT2D eigenvalue weighted by Gasteiger charge is 2.14. The van der Waals surface area contributed by atoms with E-state index in [4.69, 9.17) is 0 Å². The van der Waals surface area contributed by atoms with Crippen LogP contribution in [0.15, 0.2) is 53.4 Å². The number of nitrogens with one attached hydrogen (secondary N) is 2. The van der Waals surface area contributed by atoms with Crippen LogP contribution in [0.2, 0.25) is 0 Å². The lowest BCUT2D eigenvalue weighted by Crippen LogP contribution is -2.15. The minimum Gasteiger partial charge on any atom is -0.300 e. The standard InChI is InChI=1S/C19H19FN4O3S2/c1-2-3-18-22-23-19(28-18)21-17(25)12-13-4-8-15(9-5-13)24-29(26,27)16-10-6-14(20)7-11-16/h4-11,24H,2-3,12H2,1H3,(H,21,23,25). The van der Waals surface area contributed by atoms with Crippen molar-refractivity contribution >= 4 is 38.1 Å². The second kappa shape index (κ2) is 9.10. The highest BCUT2D eigenvalue weighted by Crippen LogP contribution is 2.19. The van der Waals surface area contributed by atoms with E-state index in [0.29, 0.717) is 16.4 Å². The summed E-state index contributed by atoms with van der Waals surface area (Å²) in [6, 6.07) is 11.0. The predicted molar refractivity (Wildman–Crippen MR) is 110 cm³/mol. The Bertz CT molecular complexity index is 1080. The smallest absolute Gasteiger partial charge is 0.261 e. The molecule has 0 atom stereocenters. The molecule has 0 aliphatic carbocycles. The van der Waals surface area contributed by atoms with E-state index in [1.807, 2.05) is 6.92 Å². The van der Waals surface area contributed by atoms with Gasteiger partial charge in [0.25, 0.3) is 10.0 Å². The van der Waals surface area contributed by atoms with Gasteiger partial charge in [-0.25, -0.2) is 12.8 Å². The molecular weight excluding hydrogens is 415 g/mol. The quantitative estimate of drug-likeness (QED) is 0.564. The zero-order valence-electron chi connectivity index (χ0n) is 15.6. The van der Waals surface area contributed by atoms with Gasteiger partial charge < -0.3 is 5.32 Å². The SMILES string of the molecule is CCCc1nnc(NC(=O)Cc2ccc(NS(=O)(=O)c3ccc(F)cc3)cc2)s1. The van der Waals surface area contributed by atoms with Crippen molar-refractivity contribution in [2.24, 2.45) is 0 Å². The highest BCUT2D eigenvalue weighted by atomic mass is 32.2. The summed E-state index contributed by atoms with van der Waals surface area (Å²) in [6.45, 7) is 2.04. The van der Waals surface area contributed by atoms with E-state index in [-0.39, 0.29) is 17.2 Å². The molecule has 3 rings (SSSR count). The summed E-state index contributed by atoms with van der Waals surface area (Å²) in [5.74, 6) is -0.745. The lowest BCUT2D eigenvalue weighted by Gasteiger charge is -2.09. The zero-order chi connectivity index (χ0) is 20.9. The van der Waals surface area contributed by atoms with Gasteiger partial charge in [0.05, 0.1) is 11.3 Å². The van der Waals surface area contributed by atoms with E-state index < -0.39 is 15.8 Å². The number of rotatable bonds is 8. The van der Waals surface area contributed by atoms with Gasteiger partial charge in [-0.2, -0.15) is 0 Å². The van der Waals surface area contributed by atoms with Crippen molar-refractivity contribution in [2.45, 2.75) is 31.1 Å². The molecule has 10 heteroatoms. The van der Waals surface area contributed by atoms with Crippen LogP contribution in [0.3, 0.4) is 0 Å². The van der Waals surface area contributed by atoms with Gasteiger partial charge in [-0.15, -0.1) is 10.2 Å². The van der Waals surface area contributed by atoms with Crippen molar-refractivity contribution in [3.8, 4) is 0 Å². The number of hydrogen-bond donors (Lipinski definition) is 2. The van der Waals surface area contributed by atoms with Crippen LogP contribution in [0.1, 0.15) is 23.9 Å². The first-order chi connectivity index (χ1) is 13.9. The Morgan fingerprint density at radius 1 is 1.07 bits per heavy atom. The summed E-state index contributed by atoms with van der Waals surface area (Å²) in [4.78, 5) is 12.1. The van der Waals surface area contributed by atoms with E-state index in [2.05, 4.69) is 20.2 Å². The van der Waals surface area contributed by atoms with Crippen molar-refractivity contribution in [3.63, 3.8) is 0 Å². The summed E-state index contributed by atoms with van der Waals surface area (Å²) in [5, 5.41) is 12.0. The molecule has 0 aliphatic rings. The fraction of sp³-hybridized carbons (Fsp3) is 0.211. The molecule has 0 unspecified atom stereocenters. The third-order valence-corrected chi connectivity index (χ3v) is 6.17. The topological polar surface area (TPSA) is 101 Å². The molecule has 0 saturated carbocycles. The van der Waals surface area contributed by atoms with Gasteiger partial charge in [0.1, 0.15) is 10.8 Å². The summed E-state index contributed by atoms with van der Waals surface area (Å²) in [6.07, 6.45) is 1.90. The number of nitrogens with zero attached hydrogens (tertiary/aromatic N) is 2. The molecule has 0 bridgehead atoms. The molecule has 0 fully saturated rings. The Morgan fingerprint density at radius 2 is 1.76 bits per heavy atom. The Balaban J connectivity index is 1.59. The number of aryl methyl sites for hydroxylation is 1. The van der Waals surface area contributed by atoms with Gasteiger partial charge in [0, 0.05) is 12.1 Å². The number of anilines is 2. The van der Waals surface area contributed by atoms with Crippen molar-refractivity contribution < 1.29 is 17.6 Å². The fourth-order valence-electron chi connectivity index (χ4n) is 2.49. The first kappa shape index (κ1) is 20.9. The second-order valence-electron chi connectivity index (χ2n) is 6.23. The van der Waals surface area contributed by atoms with Crippen LogP contribution >= 0.6 is 11.3 Å². The molecule has 152 valence electrons. The first-order valence-corrected chi connectivity index (χ1v) is 11.2. The third-order valence-electron chi connectivity index (χ3n) is 3.87. The number of carbonyl (C=O) groups excluding carboxylic acids is 1. The van der Waals surface area contributed by atoms with Crippen molar-refractivity contribution in [3.05, 3.63) is 64.9 Å². The van der Waals surface area contributed by atoms with E-state index >= 15 is 0 Å². The largest absolute Gasteiger partial charge is 0.300 e. The van der Waals surface area contributed by atoms with Gasteiger partial charge in [-0.3, -0.25) is 9.52 Å². The lowest BCUT2D eigenvalue weighted by molar-refractivity contribution is -0.115. The molecular formula is C19H19FN4O3S2. The van der Waals surface area contributed by atoms with Gasteiger partial charge in [0.2, 0.25) is 11.0 Å². The van der Waals surface area contributed by atoms with Crippen molar-refractivity contribution in [1.29, 1.82) is 0 Å². The molecule has 0 aliphatic heterocycles. The van der Waals surface area contributed by atoms with Crippen molar-refractivity contribution in [2.75, 3.05) is 10.0 Å². The molecule has 0 radical (unpaired) electrons. The number of hydrogen-bond acceptors (Lipinski definition) is 6. The van der Waals surface area contributed by atoms with Crippen LogP contribution in [0.5, 0.6) is 0 Å². The Morgan fingerprint density at radius 3 is 2.41 bits per heavy atom. The molecule has 0 spiro atoms. The molecule has 2 aromatic carbocycles. The number of carbonyl (C=O) groups is 1. The van der Waals surface area contributed by atoms with Crippen LogP contribution in [0, 0.1) is 5.82 Å². The predicted octanol–water partition coefficient (Wildman–Crippen LogP) is 3.61. The van der Waals surface area contributed by atoms with Crippen LogP contribution in [0.4, 0.5) is 15.2 Å². The fourth-order valence-corrected chi connectivity index (χ4v) is 4.40. The molecule has 2 N–H and O–H groups in total. The van der Waals surface area contributed by atoms with Gasteiger partial charge in [0.15, 0.2) is 0 Å². The maximum Gasteiger partial charge on any atom is 0.261 e. The average molecular weight is 435 g/mol. The molecule has 3 aromatic rings. The lowest BCUT2D eigenvalue weighted by atomic mass is 10.1. The maximum atomic E-state index is 13.0. The van der Waals surface area contributed by atoms with Crippen LogP contribution in [0.25, 0.3) is 0 Å². The summed E-state index contributed by atoms with van der Waals surface area (Å²) in [7, 11) is -3.82. The molecule has 0 saturated heterocycles. The van der Waals surface area contributed by atoms with E-state index in [1.165, 1.54) is 23.5 Å². The normalized spacial score (nSPS) is 11.2. The van der Waals surface area contributed by atoms with Crippen LogP contribution < -0.4 is 10.0 Å². The summed E-state index contributed by atoms with van der Waals surface area (Å²) < 4.78 is 40.0. The number of aromatic nitrogens is 2. The van der Waals surface area contributed by atoms with Gasteiger partial charge in [-0.05, 0) is 48.4 Å². The van der Waals surface area contributed by atoms with Crippen molar-refractivity contribution in [1.82, 2.24) is 10.2 Å². The minimum absolute atomic E-state index is 0.0400. The maximum absolute atomic E-state index is 13.0. The Kier molecular flexibility index (Phi) is 6.55. The molecule has 1 aromatic heterocycles. The molecule has 1 heterocycles. The van der Waals surface area contributed by atoms with E-state index in [1.54, 1.807) is 24.3 Å². The summed E-state index contributed by atoms with van der Waals surface area (Å²) >= 11 is 1.35. The minimum atomic E-state index is -3.82. The highest BCUT2D eigenvalue weighted by molar-refractivity contribution is 7.92. The number of benzene rings is 2. The monoisotopic (exact) mass is 434 g/mol. The molecule has 29 heavy (non-hydrogen) atoms. The van der Waals surface area contributed by atoms with Crippen LogP contribution in [-0.2, 0) is 27.7 Å². The molecule has 7 nitrogen and oxygen atoms in total. The zero-order valence-corrected chi connectivity index (χ0v) is 17.2. The second-order valence-corrected chi connectivity index (χ2v) is 8.98. The Labute approximate surface area is 172 Å². The van der Waals surface area contributed by atoms with E-state index in [0.717, 1.165) is 30.0 Å². The first-order valence-electron chi connectivity index (χ1n) is 8.85. The number of amides is 1. The number of halogens is 1. The summed E-state index contributed by atoms with van der Waals surface area (Å²) in [5.41, 5.74) is 1.05.